The van der Waals surface area contributed by atoms with Gasteiger partial charge in [0.2, 0.25) is 0 Å². The molecule has 0 saturated carbocycles. The smallest absolute Gasteiger partial charge is 0.169 e. The summed E-state index contributed by atoms with van der Waals surface area (Å²) in [4.78, 5) is 0. The minimum absolute atomic E-state index is 0.682. The Bertz CT molecular complexity index is 592. The average molecular weight is 302 g/mol. The van der Waals surface area contributed by atoms with Crippen molar-refractivity contribution in [1.82, 2.24) is 0 Å². The molecule has 0 N–H and O–H groups in total. The Balaban J connectivity index is 2.44. The van der Waals surface area contributed by atoms with Crippen LogP contribution < -0.4 is 14.2 Å². The predicted molar refractivity (Wildman–Crippen MR) is 91.3 cm³/mol. The van der Waals surface area contributed by atoms with Crippen LogP contribution in [0.1, 0.15) is 40.0 Å². The van der Waals surface area contributed by atoms with Crippen molar-refractivity contribution < 1.29 is 14.2 Å². The Labute approximate surface area is 133 Å². The molecule has 0 bridgehead atoms. The number of hydrogen-bond acceptors (Lipinski definition) is 3. The maximum absolute atomic E-state index is 5.98. The molecule has 0 atom stereocenters. The summed E-state index contributed by atoms with van der Waals surface area (Å²) in [6.07, 6.45) is 2.94. The topological polar surface area (TPSA) is 27.7 Å². The fourth-order valence-electron chi connectivity index (χ4n) is 2.30. The fourth-order valence-corrected chi connectivity index (χ4v) is 2.30. The summed E-state index contributed by atoms with van der Waals surface area (Å²) < 4.78 is 17.7. The van der Waals surface area contributed by atoms with Crippen LogP contribution in [0.5, 0.6) is 17.2 Å². The van der Waals surface area contributed by atoms with Crippen LogP contribution in [0.15, 0.2) is 30.3 Å². The first kappa shape index (κ1) is 16.5. The van der Waals surface area contributed by atoms with Crippen molar-refractivity contribution in [3.63, 3.8) is 0 Å². The summed E-state index contributed by atoms with van der Waals surface area (Å²) in [5, 5.41) is 2.13. The largest absolute Gasteiger partial charge is 0.493 e. The predicted octanol–water partition coefficient (Wildman–Crippen LogP) is 5.21. The van der Waals surface area contributed by atoms with E-state index in [1.54, 1.807) is 0 Å². The molecule has 22 heavy (non-hydrogen) atoms. The van der Waals surface area contributed by atoms with Gasteiger partial charge in [-0.1, -0.05) is 32.9 Å². The van der Waals surface area contributed by atoms with Crippen LogP contribution in [-0.4, -0.2) is 19.8 Å². The molecule has 0 saturated heterocycles. The first-order valence-electron chi connectivity index (χ1n) is 8.25. The summed E-state index contributed by atoms with van der Waals surface area (Å²) >= 11 is 0. The summed E-state index contributed by atoms with van der Waals surface area (Å²) in [7, 11) is 0. The third-order valence-electron chi connectivity index (χ3n) is 3.31. The average Bonchev–Trinajstić information content (AvgIpc) is 2.56. The molecule has 0 amide bonds. The van der Waals surface area contributed by atoms with Gasteiger partial charge in [0, 0.05) is 10.8 Å². The van der Waals surface area contributed by atoms with E-state index in [2.05, 4.69) is 32.9 Å². The summed E-state index contributed by atoms with van der Waals surface area (Å²) in [5.41, 5.74) is 0. The van der Waals surface area contributed by atoms with Crippen LogP contribution in [-0.2, 0) is 0 Å². The van der Waals surface area contributed by atoms with Crippen molar-refractivity contribution in [3.05, 3.63) is 30.3 Å². The summed E-state index contributed by atoms with van der Waals surface area (Å²) in [6, 6.07) is 10.1. The lowest BCUT2D eigenvalue weighted by molar-refractivity contribution is 0.271. The lowest BCUT2D eigenvalue weighted by Gasteiger charge is -2.16. The first-order chi connectivity index (χ1) is 10.8. The zero-order chi connectivity index (χ0) is 15.8. The molecule has 0 aliphatic heterocycles. The number of rotatable bonds is 9. The third kappa shape index (κ3) is 3.85. The van der Waals surface area contributed by atoms with Gasteiger partial charge < -0.3 is 14.2 Å². The molecule has 0 aliphatic carbocycles. The van der Waals surface area contributed by atoms with Gasteiger partial charge in [-0.15, -0.1) is 0 Å². The van der Waals surface area contributed by atoms with E-state index in [-0.39, 0.29) is 0 Å². The first-order valence-corrected chi connectivity index (χ1v) is 8.25. The minimum atomic E-state index is 0.682. The molecule has 3 nitrogen and oxygen atoms in total. The van der Waals surface area contributed by atoms with Crippen molar-refractivity contribution >= 4 is 10.8 Å². The SMILES string of the molecule is CCCOc1ccc2c(OCCC)cccc2c1OCCC. The van der Waals surface area contributed by atoms with Gasteiger partial charge in [-0.25, -0.2) is 0 Å². The maximum Gasteiger partial charge on any atom is 0.169 e. The van der Waals surface area contributed by atoms with Crippen molar-refractivity contribution in [3.8, 4) is 17.2 Å². The van der Waals surface area contributed by atoms with Crippen LogP contribution in [0.2, 0.25) is 0 Å². The molecular formula is C19H26O3. The molecule has 0 aromatic heterocycles. The molecule has 120 valence electrons. The second-order valence-corrected chi connectivity index (χ2v) is 5.29. The molecule has 0 spiro atoms. The molecule has 3 heteroatoms. The van der Waals surface area contributed by atoms with E-state index >= 15 is 0 Å². The van der Waals surface area contributed by atoms with Gasteiger partial charge in [-0.3, -0.25) is 0 Å². The zero-order valence-corrected chi connectivity index (χ0v) is 13.9. The quantitative estimate of drug-likeness (QED) is 0.636. The van der Waals surface area contributed by atoms with Gasteiger partial charge in [0.05, 0.1) is 19.8 Å². The van der Waals surface area contributed by atoms with Crippen LogP contribution in [0.4, 0.5) is 0 Å². The highest BCUT2D eigenvalue weighted by Gasteiger charge is 2.13. The molecule has 2 aromatic rings. The molecule has 0 fully saturated rings. The van der Waals surface area contributed by atoms with E-state index in [0.29, 0.717) is 13.2 Å². The summed E-state index contributed by atoms with van der Waals surface area (Å²) in [5.74, 6) is 2.55. The maximum atomic E-state index is 5.98. The zero-order valence-electron chi connectivity index (χ0n) is 13.9. The van der Waals surface area contributed by atoms with E-state index in [9.17, 15) is 0 Å². The van der Waals surface area contributed by atoms with Crippen molar-refractivity contribution in [2.75, 3.05) is 19.8 Å². The number of ether oxygens (including phenoxy) is 3. The van der Waals surface area contributed by atoms with Crippen LogP contribution in [0.3, 0.4) is 0 Å². The Morgan fingerprint density at radius 2 is 1.27 bits per heavy atom. The van der Waals surface area contributed by atoms with Crippen molar-refractivity contribution in [2.45, 2.75) is 40.0 Å². The molecule has 0 heterocycles. The van der Waals surface area contributed by atoms with E-state index in [4.69, 9.17) is 14.2 Å². The molecule has 0 unspecified atom stereocenters. The second kappa shape index (κ2) is 8.52. The van der Waals surface area contributed by atoms with E-state index in [1.165, 1.54) is 0 Å². The van der Waals surface area contributed by atoms with Gasteiger partial charge in [0.15, 0.2) is 11.5 Å². The van der Waals surface area contributed by atoms with Crippen molar-refractivity contribution in [2.24, 2.45) is 0 Å². The van der Waals surface area contributed by atoms with Gasteiger partial charge in [0.1, 0.15) is 5.75 Å². The van der Waals surface area contributed by atoms with E-state index < -0.39 is 0 Å². The van der Waals surface area contributed by atoms with Crippen LogP contribution in [0.25, 0.3) is 10.8 Å². The number of fused-ring (bicyclic) bond motifs is 1. The summed E-state index contributed by atoms with van der Waals surface area (Å²) in [6.45, 7) is 8.41. The highest BCUT2D eigenvalue weighted by Crippen LogP contribution is 2.39. The Morgan fingerprint density at radius 1 is 0.636 bits per heavy atom. The van der Waals surface area contributed by atoms with Crippen LogP contribution >= 0.6 is 0 Å². The third-order valence-corrected chi connectivity index (χ3v) is 3.31. The Kier molecular flexibility index (Phi) is 6.38. The standard InChI is InChI=1S/C19H26O3/c1-4-12-20-17-9-7-8-16-15(17)10-11-18(21-13-5-2)19(16)22-14-6-3/h7-11H,4-6,12-14H2,1-3H3. The highest BCUT2D eigenvalue weighted by atomic mass is 16.5. The van der Waals surface area contributed by atoms with Crippen LogP contribution in [0, 0.1) is 0 Å². The molecule has 2 rings (SSSR count). The van der Waals surface area contributed by atoms with Crippen molar-refractivity contribution in [1.29, 1.82) is 0 Å². The molecule has 0 radical (unpaired) electrons. The lowest BCUT2D eigenvalue weighted by Crippen LogP contribution is -2.02. The molecular weight excluding hydrogens is 276 g/mol. The molecule has 2 aromatic carbocycles. The van der Waals surface area contributed by atoms with Gasteiger partial charge in [-0.2, -0.15) is 0 Å². The van der Waals surface area contributed by atoms with Gasteiger partial charge in [0.25, 0.3) is 0 Å². The molecule has 0 aliphatic rings. The lowest BCUT2D eigenvalue weighted by atomic mass is 10.1. The Hall–Kier alpha value is -1.90. The second-order valence-electron chi connectivity index (χ2n) is 5.29. The highest BCUT2D eigenvalue weighted by molar-refractivity contribution is 5.95. The Morgan fingerprint density at radius 3 is 1.95 bits per heavy atom. The fraction of sp³-hybridized carbons (Fsp3) is 0.474. The van der Waals surface area contributed by atoms with Gasteiger partial charge >= 0.3 is 0 Å². The van der Waals surface area contributed by atoms with E-state index in [0.717, 1.165) is 53.9 Å². The number of benzene rings is 2. The minimum Gasteiger partial charge on any atom is -0.493 e. The normalized spacial score (nSPS) is 10.7. The van der Waals surface area contributed by atoms with E-state index in [1.807, 2.05) is 18.2 Å². The van der Waals surface area contributed by atoms with Gasteiger partial charge in [-0.05, 0) is 37.5 Å². The monoisotopic (exact) mass is 302 g/mol. The number of hydrogen-bond donors (Lipinski definition) is 0.